The van der Waals surface area contributed by atoms with Crippen LogP contribution in [-0.4, -0.2) is 11.6 Å². The molecule has 2 aliphatic rings. The van der Waals surface area contributed by atoms with E-state index in [0.717, 1.165) is 73.8 Å². The Balaban J connectivity index is 2.05. The van der Waals surface area contributed by atoms with Crippen molar-refractivity contribution in [1.29, 1.82) is 0 Å². The van der Waals surface area contributed by atoms with Crippen molar-refractivity contribution in [1.82, 2.24) is 0 Å². The Morgan fingerprint density at radius 2 is 0.360 bits per heavy atom. The maximum Gasteiger partial charge on any atom is 0.186 e. The van der Waals surface area contributed by atoms with Gasteiger partial charge < -0.3 is 20.4 Å². The Morgan fingerprint density at radius 1 is 0.220 bits per heavy atom. The van der Waals surface area contributed by atoms with Crippen molar-refractivity contribution in [3.8, 4) is 67.5 Å². The summed E-state index contributed by atoms with van der Waals surface area (Å²) in [6.45, 7) is 75.8. The van der Waals surface area contributed by atoms with E-state index >= 15 is 30.0 Å². The van der Waals surface area contributed by atoms with E-state index in [-0.39, 0.29) is 34.6 Å². The molecule has 0 spiro atoms. The Labute approximate surface area is 611 Å². The van der Waals surface area contributed by atoms with Crippen LogP contribution >= 0.6 is 22.7 Å². The van der Waals surface area contributed by atoms with Crippen LogP contribution in [0.4, 0.5) is 0 Å². The summed E-state index contributed by atoms with van der Waals surface area (Å²) in [6, 6.07) is 17.0. The van der Waals surface area contributed by atoms with Gasteiger partial charge in [-0.3, -0.25) is 9.59 Å². The Morgan fingerprint density at radius 3 is 0.490 bits per heavy atom. The summed E-state index contributed by atoms with van der Waals surface area (Å²) in [6.07, 6.45) is 8.46. The van der Waals surface area contributed by atoms with Gasteiger partial charge in [0.05, 0.1) is 9.06 Å². The molecule has 0 bridgehead atoms. The van der Waals surface area contributed by atoms with E-state index in [4.69, 9.17) is 0 Å². The fourth-order valence-corrected chi connectivity index (χ4v) is 16.8. The van der Waals surface area contributed by atoms with Crippen LogP contribution in [0.3, 0.4) is 0 Å². The highest BCUT2D eigenvalue weighted by Crippen LogP contribution is 2.52. The minimum Gasteiger partial charge on any atom is -0.872 e. The number of hydrogen-bond donors (Lipinski definition) is 0. The molecule has 6 nitrogen and oxygen atoms in total. The van der Waals surface area contributed by atoms with Crippen LogP contribution in [0.5, 0.6) is 23.0 Å². The van der Waals surface area contributed by atoms with Crippen molar-refractivity contribution in [3.63, 3.8) is 0 Å². The summed E-state index contributed by atoms with van der Waals surface area (Å²) in [5.74, 6) is -0.0420. The van der Waals surface area contributed by atoms with E-state index in [0.29, 0.717) is 66.8 Å². The summed E-state index contributed by atoms with van der Waals surface area (Å²) in [4.78, 5) is 30.7. The van der Waals surface area contributed by atoms with Gasteiger partial charge in [0.2, 0.25) is 0 Å². The summed E-state index contributed by atoms with van der Waals surface area (Å²) in [5, 5.41) is 62.1. The lowest BCUT2D eigenvalue weighted by molar-refractivity contribution is -0.272. The molecular weight excluding hydrogens is 1270 g/mol. The third kappa shape index (κ3) is 15.3. The molecule has 100 heavy (non-hydrogen) atoms. The van der Waals surface area contributed by atoms with Crippen LogP contribution in [0.2, 0.25) is 0 Å². The third-order valence-electron chi connectivity index (χ3n) is 19.9. The average Bonchev–Trinajstić information content (AvgIpc) is 1.53. The second kappa shape index (κ2) is 25.2. The highest BCUT2D eigenvalue weighted by molar-refractivity contribution is 7.12. The number of hydrogen-bond acceptors (Lipinski definition) is 8. The van der Waals surface area contributed by atoms with E-state index in [2.05, 4.69) is 322 Å². The number of carbonyl (C=O) groups excluding carboxylic acids is 2. The molecule has 540 valence electrons. The molecule has 2 aromatic heterocycles. The molecule has 0 atom stereocenters. The highest BCUT2D eigenvalue weighted by Gasteiger charge is 2.39. The first-order valence-corrected chi connectivity index (χ1v) is 37.9. The molecular formula is C92H120O6S2-4. The number of carbonyl (C=O) groups is 2. The molecule has 0 fully saturated rings. The second-order valence-corrected chi connectivity index (χ2v) is 43.5. The number of allylic oxidation sites excluding steroid dienone is 8. The summed E-state index contributed by atoms with van der Waals surface area (Å²) < 4.78 is 3.51. The molecule has 0 unspecified atom stereocenters. The smallest absolute Gasteiger partial charge is 0.186 e. The Hall–Kier alpha value is -6.48. The van der Waals surface area contributed by atoms with E-state index in [1.807, 2.05) is 0 Å². The molecule has 8 heteroatoms. The normalized spacial score (nSPS) is 16.0. The molecule has 2 aliphatic carbocycles. The average molecular weight is 1390 g/mol. The number of rotatable bonds is 4. The van der Waals surface area contributed by atoms with Gasteiger partial charge >= 0.3 is 0 Å². The van der Waals surface area contributed by atoms with Gasteiger partial charge in [0.15, 0.2) is 11.6 Å². The van der Waals surface area contributed by atoms with Crippen molar-refractivity contribution in [2.45, 2.75) is 293 Å². The number of thiophene rings is 2. The van der Waals surface area contributed by atoms with Gasteiger partial charge in [0, 0.05) is 53.6 Å². The lowest BCUT2D eigenvalue weighted by Crippen LogP contribution is -2.28. The van der Waals surface area contributed by atoms with Crippen molar-refractivity contribution in [2.24, 2.45) is 21.7 Å². The maximum atomic E-state index is 15.6. The van der Waals surface area contributed by atoms with Crippen LogP contribution in [0.15, 0.2) is 95.1 Å². The molecule has 0 saturated heterocycles. The lowest BCUT2D eigenvalue weighted by Gasteiger charge is -2.35. The SMILES string of the molecule is CC(C)(C)C1=CC(=c2s/c(=c3/sc(=C4C=C(C(C)(C)C)C(=O)C(C(C)(C)C)=C4)c(-c4cc(C(C)(C)C)c([O-])c(C(C)(C)C)c4)c3-c3cc(C(C)(C)C)c([O-])c(C(C)(C)C)c3)c(-c3cc(C(C)(C)C)c([O-])c(C(C)(C)C)c3)c2-c2cc(C(C)(C)C)c([O-])c(C(C)(C)C)c2)C=C(C(C)(C)C)C1=O. The van der Waals surface area contributed by atoms with Gasteiger partial charge in [0.1, 0.15) is 0 Å². The quantitative estimate of drug-likeness (QED) is 0.173. The third-order valence-corrected chi connectivity index (χ3v) is 22.6. The molecule has 0 radical (unpaired) electrons. The van der Waals surface area contributed by atoms with Crippen molar-refractivity contribution in [2.75, 3.05) is 0 Å². The minimum atomic E-state index is -0.629. The van der Waals surface area contributed by atoms with E-state index in [1.54, 1.807) is 22.7 Å². The van der Waals surface area contributed by atoms with Gasteiger partial charge in [-0.2, -0.15) is 0 Å². The van der Waals surface area contributed by atoms with Crippen LogP contribution in [-0.2, 0) is 52.9 Å². The number of benzene rings is 4. The number of Topliss-reactive ketones (excluding diaryl/α,β-unsaturated/α-hetero) is 2. The van der Waals surface area contributed by atoms with Crippen molar-refractivity contribution >= 4 is 45.4 Å². The van der Waals surface area contributed by atoms with Gasteiger partial charge in [-0.1, -0.05) is 298 Å². The molecule has 2 heterocycles. The largest absolute Gasteiger partial charge is 0.872 e. The highest BCUT2D eigenvalue weighted by atomic mass is 32.1. The number of ketones is 2. The molecule has 0 aliphatic heterocycles. The van der Waals surface area contributed by atoms with Gasteiger partial charge in [-0.05, 0) is 167 Å². The zero-order chi connectivity index (χ0) is 76.4. The minimum absolute atomic E-state index is 0.00127. The first-order valence-electron chi connectivity index (χ1n) is 36.2. The summed E-state index contributed by atoms with van der Waals surface area (Å²) >= 11 is 3.31. The fourth-order valence-electron chi connectivity index (χ4n) is 14.0. The Bertz CT molecular complexity index is 4210. The van der Waals surface area contributed by atoms with Gasteiger partial charge in [0.25, 0.3) is 0 Å². The summed E-state index contributed by atoms with van der Waals surface area (Å²) in [5.41, 5.74) is 9.14. The standard InChI is InChI=1S/C92H124O6S2/c1-81(2,3)55-37-49(38-56(71(55)93)82(4,5)6)67-69(51-41-59(85(13,14)15)73(95)60(42-51)86(16,17)18)79(99-77(67)53-45-63(89(25,26)27)75(97)64(46-53)90(28,29)30)80-70(52-43-61(87(19,20)21)74(96)62(44-52)88(22,23)24)68(50-39-57(83(7,8)9)72(94)58(40-50)84(10,11)12)78(100-80)54-47-65(91(31,32)33)76(98)66(48-54)92(34,35)36/h37-48,93-96H,1-36H3/p-4/b80-79+. The zero-order valence-corrected chi connectivity index (χ0v) is 69.8. The lowest BCUT2D eigenvalue weighted by atomic mass is 9.71. The van der Waals surface area contributed by atoms with Crippen LogP contribution < -0.4 is 29.5 Å². The van der Waals surface area contributed by atoms with Crippen molar-refractivity contribution < 1.29 is 30.0 Å². The van der Waals surface area contributed by atoms with Crippen LogP contribution in [0, 0.1) is 30.7 Å². The van der Waals surface area contributed by atoms with Crippen LogP contribution in [0.25, 0.3) is 55.7 Å². The summed E-state index contributed by atoms with van der Waals surface area (Å²) in [7, 11) is 0. The first-order chi connectivity index (χ1) is 44.7. The topological polar surface area (TPSA) is 126 Å². The Kier molecular flexibility index (Phi) is 19.9. The predicted octanol–water partition coefficient (Wildman–Crippen LogP) is 21.8. The van der Waals surface area contributed by atoms with Crippen molar-refractivity contribution in [3.05, 3.63) is 158 Å². The maximum absolute atomic E-state index is 15.6. The van der Waals surface area contributed by atoms with Gasteiger partial charge in [-0.25, -0.2) is 0 Å². The van der Waals surface area contributed by atoms with E-state index < -0.39 is 65.0 Å². The molecule has 8 rings (SSSR count). The molecule has 0 N–H and O–H groups in total. The van der Waals surface area contributed by atoms with Gasteiger partial charge in [-0.15, -0.1) is 45.7 Å². The molecule has 4 aromatic carbocycles. The van der Waals surface area contributed by atoms with Crippen LogP contribution in [0.1, 0.15) is 294 Å². The second-order valence-electron chi connectivity index (χ2n) is 41.4. The van der Waals surface area contributed by atoms with E-state index in [9.17, 15) is 0 Å². The fraction of sp³-hybridized carbons (Fsp3) is 0.522. The monoisotopic (exact) mass is 1380 g/mol. The zero-order valence-electron chi connectivity index (χ0n) is 68.2. The van der Waals surface area contributed by atoms with E-state index in [1.165, 1.54) is 0 Å². The first kappa shape index (κ1) is 79.2. The molecule has 6 aromatic rings. The molecule has 0 amide bonds. The molecule has 0 saturated carbocycles. The predicted molar refractivity (Wildman–Crippen MR) is 422 cm³/mol.